The van der Waals surface area contributed by atoms with E-state index < -0.39 is 25.1 Å². The second kappa shape index (κ2) is 5.17. The van der Waals surface area contributed by atoms with Crippen molar-refractivity contribution in [3.63, 3.8) is 0 Å². The summed E-state index contributed by atoms with van der Waals surface area (Å²) in [6, 6.07) is 0. The number of hydroxylamine groups is 2. The van der Waals surface area contributed by atoms with Gasteiger partial charge in [-0.3, -0.25) is 9.05 Å². The molecule has 1 unspecified atom stereocenters. The van der Waals surface area contributed by atoms with E-state index in [1.54, 1.807) is 34.6 Å². The van der Waals surface area contributed by atoms with E-state index in [1.165, 1.54) is 0 Å². The van der Waals surface area contributed by atoms with Crippen molar-refractivity contribution in [2.24, 2.45) is 0 Å². The summed E-state index contributed by atoms with van der Waals surface area (Å²) >= 11 is 0. The molecular weight excluding hydrogens is 260 g/mol. The van der Waals surface area contributed by atoms with Gasteiger partial charge in [-0.05, 0) is 47.5 Å². The lowest BCUT2D eigenvalue weighted by atomic mass is 9.80. The molecule has 1 aliphatic heterocycles. The third kappa shape index (κ3) is 3.75. The SMILES string of the molecule is CCOP(=O)(F)OC1CC(C)(C)N([O-])C(C)(C)C1. The minimum absolute atomic E-state index is 0.0129. The van der Waals surface area contributed by atoms with E-state index in [2.05, 4.69) is 4.52 Å². The Morgan fingerprint density at radius 1 is 1.33 bits per heavy atom. The molecule has 0 aliphatic carbocycles. The topological polar surface area (TPSA) is 61.8 Å². The first kappa shape index (κ1) is 16.1. The lowest BCUT2D eigenvalue weighted by molar-refractivity contribution is -0.0477. The van der Waals surface area contributed by atoms with Crippen LogP contribution in [0.4, 0.5) is 4.20 Å². The van der Waals surface area contributed by atoms with Gasteiger partial charge in [-0.25, -0.2) is 4.57 Å². The molecule has 1 saturated heterocycles. The molecule has 0 bridgehead atoms. The summed E-state index contributed by atoms with van der Waals surface area (Å²) < 4.78 is 34.3. The Kier molecular flexibility index (Phi) is 4.62. The Labute approximate surface area is 108 Å². The van der Waals surface area contributed by atoms with Crippen LogP contribution in [-0.2, 0) is 13.6 Å². The van der Waals surface area contributed by atoms with Crippen molar-refractivity contribution >= 4 is 7.91 Å². The van der Waals surface area contributed by atoms with Crippen molar-refractivity contribution in [2.75, 3.05) is 6.61 Å². The average molecular weight is 282 g/mol. The lowest BCUT2D eigenvalue weighted by Gasteiger charge is -2.59. The zero-order valence-corrected chi connectivity index (χ0v) is 12.5. The normalized spacial score (nSPS) is 27.9. The third-order valence-electron chi connectivity index (χ3n) is 3.11. The van der Waals surface area contributed by atoms with Gasteiger partial charge in [-0.1, -0.05) is 0 Å². The molecule has 1 atom stereocenters. The maximum Gasteiger partial charge on any atom is 0.513 e. The Hall–Kier alpha value is -0.0000000000000000139. The molecule has 0 N–H and O–H groups in total. The highest BCUT2D eigenvalue weighted by Gasteiger charge is 2.43. The van der Waals surface area contributed by atoms with Gasteiger partial charge in [0, 0.05) is 11.1 Å². The number of piperidine rings is 1. The standard InChI is InChI=1S/C11H22FNO4P/c1-6-16-18(12,15)17-9-7-10(2,3)13(14)11(4,5)8-9/h9H,6-8H2,1-5H3/q-1. The molecule has 0 aromatic heterocycles. The molecule has 0 amide bonds. The van der Waals surface area contributed by atoms with E-state index in [0.717, 1.165) is 5.06 Å². The van der Waals surface area contributed by atoms with E-state index in [1.807, 2.05) is 0 Å². The summed E-state index contributed by atoms with van der Waals surface area (Å²) in [6.07, 6.45) is 0.0598. The van der Waals surface area contributed by atoms with Crippen LogP contribution in [0.15, 0.2) is 0 Å². The quantitative estimate of drug-likeness (QED) is 0.737. The van der Waals surface area contributed by atoms with Crippen LogP contribution < -0.4 is 0 Å². The summed E-state index contributed by atoms with van der Waals surface area (Å²) in [7, 11) is -4.51. The lowest BCUT2D eigenvalue weighted by Crippen LogP contribution is -2.59. The smallest absolute Gasteiger partial charge is 0.513 e. The van der Waals surface area contributed by atoms with Gasteiger partial charge in [0.1, 0.15) is 0 Å². The van der Waals surface area contributed by atoms with Gasteiger partial charge in [0.25, 0.3) is 0 Å². The number of halogens is 1. The maximum absolute atomic E-state index is 13.5. The minimum Gasteiger partial charge on any atom is -0.784 e. The Bertz CT molecular complexity index is 330. The molecule has 1 rings (SSSR count). The van der Waals surface area contributed by atoms with Crippen LogP contribution in [0.1, 0.15) is 47.5 Å². The monoisotopic (exact) mass is 282 g/mol. The van der Waals surface area contributed by atoms with Crippen LogP contribution in [0.25, 0.3) is 0 Å². The van der Waals surface area contributed by atoms with Gasteiger partial charge in [0.2, 0.25) is 0 Å². The Morgan fingerprint density at radius 3 is 2.17 bits per heavy atom. The molecule has 1 heterocycles. The van der Waals surface area contributed by atoms with E-state index in [-0.39, 0.29) is 6.61 Å². The average Bonchev–Trinajstić information content (AvgIpc) is 2.11. The van der Waals surface area contributed by atoms with E-state index >= 15 is 0 Å². The zero-order valence-electron chi connectivity index (χ0n) is 11.6. The second-order valence-electron chi connectivity index (χ2n) is 5.90. The number of nitrogens with zero attached hydrogens (tertiary/aromatic N) is 1. The first-order chi connectivity index (χ1) is 8.00. The van der Waals surface area contributed by atoms with Crippen molar-refractivity contribution in [1.82, 2.24) is 5.06 Å². The summed E-state index contributed by atoms with van der Waals surface area (Å²) in [5, 5.41) is 13.1. The number of rotatable bonds is 4. The minimum atomic E-state index is -4.51. The highest BCUT2D eigenvalue weighted by Crippen LogP contribution is 2.53. The molecule has 18 heavy (non-hydrogen) atoms. The first-order valence-electron chi connectivity index (χ1n) is 6.10. The van der Waals surface area contributed by atoms with Crippen molar-refractivity contribution in [3.05, 3.63) is 5.21 Å². The molecule has 7 heteroatoms. The molecule has 1 fully saturated rings. The fraction of sp³-hybridized carbons (Fsp3) is 1.00. The fourth-order valence-electron chi connectivity index (χ4n) is 2.61. The van der Waals surface area contributed by atoms with Gasteiger partial charge in [-0.15, -0.1) is 4.20 Å². The summed E-state index contributed by atoms with van der Waals surface area (Å²) in [5.41, 5.74) is -1.36. The first-order valence-corrected chi connectivity index (χ1v) is 7.54. The van der Waals surface area contributed by atoms with Gasteiger partial charge in [-0.2, -0.15) is 0 Å². The van der Waals surface area contributed by atoms with E-state index in [0.29, 0.717) is 12.8 Å². The summed E-state index contributed by atoms with van der Waals surface area (Å²) in [6.45, 7) is 8.59. The van der Waals surface area contributed by atoms with Crippen LogP contribution >= 0.6 is 7.91 Å². The van der Waals surface area contributed by atoms with Crippen LogP contribution in [0.5, 0.6) is 0 Å². The maximum atomic E-state index is 13.5. The number of hydrogen-bond donors (Lipinski definition) is 0. The van der Waals surface area contributed by atoms with E-state index in [4.69, 9.17) is 4.52 Å². The molecule has 0 aromatic rings. The van der Waals surface area contributed by atoms with Crippen LogP contribution in [0, 0.1) is 5.21 Å². The molecule has 0 aromatic carbocycles. The largest absolute Gasteiger partial charge is 0.784 e. The van der Waals surface area contributed by atoms with Gasteiger partial charge >= 0.3 is 7.91 Å². The molecule has 0 spiro atoms. The van der Waals surface area contributed by atoms with Crippen molar-refractivity contribution in [1.29, 1.82) is 0 Å². The summed E-state index contributed by atoms with van der Waals surface area (Å²) in [5.74, 6) is 0. The highest BCUT2D eigenvalue weighted by molar-refractivity contribution is 7.48. The highest BCUT2D eigenvalue weighted by atomic mass is 31.2. The van der Waals surface area contributed by atoms with Gasteiger partial charge in [0.05, 0.1) is 12.7 Å². The molecule has 5 nitrogen and oxygen atoms in total. The molecular formula is C11H22FNO4P-. The van der Waals surface area contributed by atoms with Crippen LogP contribution in [-0.4, -0.2) is 28.9 Å². The zero-order chi connectivity index (χ0) is 14.2. The van der Waals surface area contributed by atoms with Crippen molar-refractivity contribution in [2.45, 2.75) is 64.6 Å². The predicted octanol–water partition coefficient (Wildman–Crippen LogP) is 3.64. The Morgan fingerprint density at radius 2 is 1.78 bits per heavy atom. The predicted molar refractivity (Wildman–Crippen MR) is 67.8 cm³/mol. The molecule has 0 saturated carbocycles. The third-order valence-corrected chi connectivity index (χ3v) is 4.23. The van der Waals surface area contributed by atoms with Crippen molar-refractivity contribution < 1.29 is 17.8 Å². The number of hydrogen-bond acceptors (Lipinski definition) is 5. The molecule has 0 radical (unpaired) electrons. The fourth-order valence-corrected chi connectivity index (χ4v) is 3.48. The van der Waals surface area contributed by atoms with E-state index in [9.17, 15) is 14.0 Å². The van der Waals surface area contributed by atoms with Gasteiger partial charge in [0.15, 0.2) is 0 Å². The van der Waals surface area contributed by atoms with Gasteiger partial charge < -0.3 is 10.3 Å². The Balaban J connectivity index is 2.78. The summed E-state index contributed by atoms with van der Waals surface area (Å²) in [4.78, 5) is 0. The van der Waals surface area contributed by atoms with Crippen LogP contribution in [0.2, 0.25) is 0 Å². The second-order valence-corrected chi connectivity index (χ2v) is 7.23. The van der Waals surface area contributed by atoms with Crippen LogP contribution in [0.3, 0.4) is 0 Å². The van der Waals surface area contributed by atoms with Crippen molar-refractivity contribution in [3.8, 4) is 0 Å². The molecule has 1 aliphatic rings. The molecule has 108 valence electrons.